The number of aromatic nitrogens is 12. The third-order valence-electron chi connectivity index (χ3n) is 24.3. The largest absolute Gasteiger partial charge is 0.475 e. The second kappa shape index (κ2) is 46.0. The van der Waals surface area contributed by atoms with Crippen molar-refractivity contribution in [2.75, 3.05) is 66.6 Å². The monoisotopic (exact) mass is 2320 g/mol. The van der Waals surface area contributed by atoms with Crippen molar-refractivity contribution in [1.82, 2.24) is 57.3 Å². The summed E-state index contributed by atoms with van der Waals surface area (Å²) >= 11 is 30.7. The third kappa shape index (κ3) is 26.3. The number of fused-ring (bicyclic) bond motifs is 6. The smallest absolute Gasteiger partial charge is 0.383 e. The molecule has 148 heavy (non-hydrogen) atoms. The first-order valence-electron chi connectivity index (χ1n) is 45.7. The lowest BCUT2D eigenvalue weighted by atomic mass is 9.96. The number of aliphatic hydroxyl groups is 6. The highest BCUT2D eigenvalue weighted by Gasteiger charge is 2.67. The lowest BCUT2D eigenvalue weighted by Crippen LogP contribution is -2.48. The maximum atomic E-state index is 12.9. The van der Waals surface area contributed by atoms with Gasteiger partial charge in [0, 0.05) is 80.7 Å². The van der Waals surface area contributed by atoms with Crippen LogP contribution in [0, 0.1) is 34.0 Å². The van der Waals surface area contributed by atoms with Crippen molar-refractivity contribution in [2.45, 2.75) is 260 Å². The maximum Gasteiger partial charge on any atom is 0.475 e. The van der Waals surface area contributed by atoms with Gasteiger partial charge in [0.05, 0.1) is 72.2 Å². The molecule has 1 aromatic carbocycles. The summed E-state index contributed by atoms with van der Waals surface area (Å²) in [6.07, 6.45) is -5.47. The molecular weight excluding hydrogens is 2200 g/mol. The lowest BCUT2D eigenvalue weighted by Gasteiger charge is -2.35. The number of phosphoric acid groups is 6. The molecule has 7 aromatic rings. The van der Waals surface area contributed by atoms with Crippen molar-refractivity contribution in [3.63, 3.8) is 0 Å². The van der Waals surface area contributed by atoms with E-state index in [2.05, 4.69) is 29.9 Å². The van der Waals surface area contributed by atoms with E-state index < -0.39 is 191 Å². The second-order valence-electron chi connectivity index (χ2n) is 37.8. The van der Waals surface area contributed by atoms with Crippen LogP contribution in [0.1, 0.15) is 146 Å². The Labute approximate surface area is 872 Å². The highest BCUT2D eigenvalue weighted by atomic mass is 32.1. The Hall–Kier alpha value is -6.00. The standard InChI is InChI=1S/C17H19N2O7PS.C15H23N2O7PS.C14H21N2O7PS.C13H19N2O7PS.C12H17N2O7PS.C11H15N2O7PS/c1-17(21)14-12(25-15(17)19-8-7-13(20)18-16(19)28)10-24-27(22,26-14)23-9-11-5-3-2-4-6-11;1-14(2,3)8-22-25(20)21-7-9-11(24-25)15(4,19)12(23-9)17-6-5-10(18)16-13(17)26;1-3-4-7-20-24(19)21-8-9-11(23-24)14(2,18)12(22-9)16-6-5-10(17)15-13(16)25;1-7(2)21-23(18)19-6-8-10(22-23)13(3,17)11(20-8)15-5-4-9(16)14-12(15)24;1-3-18-22(17)19-6-7-9(21-22)12(2,16)10(20-7)14-5-4-8(15)13-11(14)23;1-11(15)8-6(5-18-21(16,17-2)20-8)19-9(11)13-4-3-7(14)12-10(13)22/h2-8,12,14-15,21H,9-10H2,1H3,(H,18,20,28);5-6,9,11-12,19H,7-8H2,1-4H3,(H,16,18,26);5-6,9,11-12,18H,3-4,7-8H2,1-2H3,(H,15,17,25);4-5,7-8,10-11,17H,6H2,1-3H3,(H,14,16,24);4-5,7,9-10,16H,3,6H2,1-2H3,(H,13,15,23);3-4,6,8-9,15H,5H2,1-2H3,(H,12,14,22)/t12-,14+,15-,17?,27?;9-,11+,12-,15?,25?;9-,11+,12-,14?,24?;8-,10+,11-,13?,23?;7-,9+,10-,12?,22?;6-,8+,9-,11?,21?/m111111/s1. The molecule has 66 heteroatoms. The first-order valence-corrected chi connectivity index (χ1v) is 56.9. The van der Waals surface area contributed by atoms with E-state index in [1.165, 1.54) is 150 Å². The fourth-order valence-electron chi connectivity index (χ4n) is 17.1. The summed E-state index contributed by atoms with van der Waals surface area (Å²) in [6.45, 7) is 22.0. The molecule has 30 atom stereocenters. The fourth-order valence-corrected chi connectivity index (χ4v) is 27.6. The minimum Gasteiger partial charge on any atom is -0.383 e. The van der Waals surface area contributed by atoms with E-state index in [-0.39, 0.29) is 140 Å². The molecule has 19 rings (SSSR count). The third-order valence-corrected chi connectivity index (χ3v) is 34.9. The molecule has 0 saturated carbocycles. The van der Waals surface area contributed by atoms with Crippen molar-refractivity contribution in [2.24, 2.45) is 5.41 Å². The van der Waals surface area contributed by atoms with Gasteiger partial charge in [0.25, 0.3) is 33.4 Å². The molecule has 12 fully saturated rings. The molecule has 6 aromatic heterocycles. The molecule has 0 bridgehead atoms. The first kappa shape index (κ1) is 118. The quantitative estimate of drug-likeness (QED) is 0.0192. The lowest BCUT2D eigenvalue weighted by molar-refractivity contribution is -0.0939. The summed E-state index contributed by atoms with van der Waals surface area (Å²) < 4.78 is 214. The maximum absolute atomic E-state index is 12.9. The normalized spacial score (nSPS) is 38.3. The van der Waals surface area contributed by atoms with Gasteiger partial charge in [0.1, 0.15) is 107 Å². The summed E-state index contributed by atoms with van der Waals surface area (Å²) in [7, 11) is -21.5. The first-order chi connectivity index (χ1) is 69.1. The van der Waals surface area contributed by atoms with Crippen LogP contribution in [0.4, 0.5) is 0 Å². The molecule has 54 nitrogen and oxygen atoms in total. The summed E-state index contributed by atoms with van der Waals surface area (Å²) in [5.74, 6) is 0. The van der Waals surface area contributed by atoms with E-state index in [1.54, 1.807) is 20.8 Å². The van der Waals surface area contributed by atoms with Crippen molar-refractivity contribution in [1.29, 1.82) is 0 Å². The van der Waals surface area contributed by atoms with E-state index in [0.29, 0.717) is 6.42 Å². The van der Waals surface area contributed by atoms with Crippen molar-refractivity contribution >= 4 is 120 Å². The van der Waals surface area contributed by atoms with E-state index in [0.717, 1.165) is 12.0 Å². The Morgan fingerprint density at radius 1 is 0.365 bits per heavy atom. The molecule has 0 radical (unpaired) electrons. The summed E-state index contributed by atoms with van der Waals surface area (Å²) in [6, 6.07) is 16.8. The van der Waals surface area contributed by atoms with Crippen LogP contribution < -0.4 is 33.4 Å². The number of nitrogens with zero attached hydrogens (tertiary/aromatic N) is 6. The van der Waals surface area contributed by atoms with Gasteiger partial charge in [0.2, 0.25) is 0 Å². The Bertz CT molecular complexity index is 7070. The minimum absolute atomic E-state index is 0.0346. The molecule has 18 heterocycles. The molecule has 12 unspecified atom stereocenters. The molecule has 0 aliphatic carbocycles. The number of H-pyrrole nitrogens is 6. The van der Waals surface area contributed by atoms with Crippen LogP contribution in [0.25, 0.3) is 0 Å². The van der Waals surface area contributed by atoms with E-state index in [9.17, 15) is 86.8 Å². The highest BCUT2D eigenvalue weighted by Crippen LogP contribution is 2.66. The summed E-state index contributed by atoms with van der Waals surface area (Å²) in [5, 5.41) is 65.6. The van der Waals surface area contributed by atoms with Crippen LogP contribution in [-0.4, -0.2) is 267 Å². The fraction of sp³-hybridized carbons (Fsp3) is 0.634. The van der Waals surface area contributed by atoms with Gasteiger partial charge in [0.15, 0.2) is 66.0 Å². The Kier molecular flexibility index (Phi) is 36.6. The zero-order valence-electron chi connectivity index (χ0n) is 81.5. The molecule has 12 aliphatic heterocycles. The van der Waals surface area contributed by atoms with Crippen LogP contribution in [0.15, 0.2) is 133 Å². The molecule has 12 aliphatic rings. The van der Waals surface area contributed by atoms with Crippen molar-refractivity contribution < 1.29 is 168 Å². The predicted octanol–water partition coefficient (Wildman–Crippen LogP) is 9.67. The number of rotatable bonds is 20. The van der Waals surface area contributed by atoms with Gasteiger partial charge in [-0.05, 0) is 153 Å². The zero-order valence-corrected chi connectivity index (χ0v) is 91.7. The average Bonchev–Trinajstić information content (AvgIpc) is 1.63. The molecule has 0 spiro atoms. The SMILES string of the molecule is CC(C)(C)COP1(=O)OC[C@H]2O[C@@H](n3ccc(=O)[nH]c3=S)C(C)(O)[C@H]2O1.CC(C)OP1(=O)OC[C@H]2O[C@@H](n3ccc(=O)[nH]c3=S)C(C)(O)[C@H]2O1.CC1(O)[C@H]2OP(=O)(OCc3ccccc3)OC[C@H]2O[C@H]1n1ccc(=O)[nH]c1=S.CCCCOP1(=O)OC[C@H]2O[C@@H](n3ccc(=O)[nH]c3=S)C(C)(O)[C@H]2O1.CCOP1(=O)OC[C@H]2O[C@@H](n3ccc(=O)[nH]c3=S)C(C)(O)[C@H]2O1.COP1(=O)OC[C@H]2O[C@@H](n3ccc(=O)[nH]c3=S)C(C)(O)[C@H]2O1. The van der Waals surface area contributed by atoms with Gasteiger partial charge in [-0.15, -0.1) is 0 Å². The molecule has 820 valence electrons. The summed E-state index contributed by atoms with van der Waals surface area (Å²) in [5.41, 5.74) is -11.0. The van der Waals surface area contributed by atoms with Crippen LogP contribution in [0.2, 0.25) is 0 Å². The molecule has 0 amide bonds. The van der Waals surface area contributed by atoms with E-state index in [1.807, 2.05) is 58.0 Å². The Morgan fingerprint density at radius 3 is 0.845 bits per heavy atom. The minimum atomic E-state index is -3.90. The number of hydrogen-bond acceptors (Lipinski definition) is 48. The molecule has 12 saturated heterocycles. The highest BCUT2D eigenvalue weighted by molar-refractivity contribution is 7.72. The van der Waals surface area contributed by atoms with Crippen LogP contribution in [0.3, 0.4) is 0 Å². The average molecular weight is 2320 g/mol. The Balaban J connectivity index is 0.000000140. The Morgan fingerprint density at radius 2 is 0.601 bits per heavy atom. The number of phosphoric ester groups is 6. The van der Waals surface area contributed by atoms with Crippen LogP contribution >= 0.6 is 120 Å². The zero-order chi connectivity index (χ0) is 108. The number of nitrogens with one attached hydrogen (secondary N) is 6. The van der Waals surface area contributed by atoms with E-state index in [4.69, 9.17) is 183 Å². The van der Waals surface area contributed by atoms with Gasteiger partial charge in [-0.2, -0.15) is 0 Å². The number of hydrogen-bond donors (Lipinski definition) is 12. The van der Waals surface area contributed by atoms with Gasteiger partial charge < -0.3 is 59.1 Å². The van der Waals surface area contributed by atoms with Crippen molar-refractivity contribution in [3.05, 3.63) is 200 Å². The second-order valence-corrected chi connectivity index (χ2v) is 49.9. The van der Waals surface area contributed by atoms with Gasteiger partial charge in [-0.25, -0.2) is 27.4 Å². The molecular formula is C82H114N12O42P6S6. The van der Waals surface area contributed by atoms with Gasteiger partial charge in [-0.1, -0.05) is 64.4 Å². The topological polar surface area (TPSA) is 672 Å². The van der Waals surface area contributed by atoms with Crippen LogP contribution in [0.5, 0.6) is 0 Å². The van der Waals surface area contributed by atoms with E-state index >= 15 is 0 Å². The van der Waals surface area contributed by atoms with Crippen molar-refractivity contribution in [3.8, 4) is 0 Å². The number of aromatic amines is 6. The van der Waals surface area contributed by atoms with Gasteiger partial charge >= 0.3 is 46.9 Å². The van der Waals surface area contributed by atoms with Crippen LogP contribution in [-0.2, 0) is 144 Å². The molecule has 12 N–H and O–H groups in total. The summed E-state index contributed by atoms with van der Waals surface area (Å²) in [4.78, 5) is 82.7. The number of benzene rings is 1. The predicted molar refractivity (Wildman–Crippen MR) is 525 cm³/mol. The number of ether oxygens (including phenoxy) is 6. The number of unbranched alkanes of at least 4 members (excludes halogenated alkanes) is 1. The van der Waals surface area contributed by atoms with Gasteiger partial charge in [-0.3, -0.25) is 168 Å².